The van der Waals surface area contributed by atoms with Crippen molar-refractivity contribution in [2.75, 3.05) is 7.11 Å². The lowest BCUT2D eigenvalue weighted by Crippen LogP contribution is -2.67. The van der Waals surface area contributed by atoms with Gasteiger partial charge in [0.25, 0.3) is 0 Å². The van der Waals surface area contributed by atoms with Gasteiger partial charge in [-0.1, -0.05) is 50.6 Å². The Morgan fingerprint density at radius 1 is 1.09 bits per heavy atom. The van der Waals surface area contributed by atoms with Gasteiger partial charge in [-0.15, -0.1) is 0 Å². The normalized spacial score (nSPS) is 45.9. The summed E-state index contributed by atoms with van der Waals surface area (Å²) in [5.74, 6) is -5.08. The second-order valence-electron chi connectivity index (χ2n) is 17.3. The molecule has 6 aliphatic rings. The van der Waals surface area contributed by atoms with E-state index < -0.39 is 106 Å². The Balaban J connectivity index is 1.51. The second kappa shape index (κ2) is 15.2. The summed E-state index contributed by atoms with van der Waals surface area (Å²) in [5, 5.41) is 60.9. The van der Waals surface area contributed by atoms with Gasteiger partial charge in [-0.05, 0) is 75.5 Å². The van der Waals surface area contributed by atoms with E-state index in [1.165, 1.54) is 20.1 Å². The van der Waals surface area contributed by atoms with Gasteiger partial charge in [0.2, 0.25) is 5.78 Å². The Morgan fingerprint density at radius 3 is 2.43 bits per heavy atom. The van der Waals surface area contributed by atoms with Gasteiger partial charge in [0.1, 0.15) is 17.6 Å². The topological polar surface area (TPSA) is 224 Å². The number of carbonyl (C=O) groups is 4. The van der Waals surface area contributed by atoms with E-state index in [-0.39, 0.29) is 41.9 Å². The van der Waals surface area contributed by atoms with Crippen molar-refractivity contribution < 1.29 is 58.7 Å². The van der Waals surface area contributed by atoms with Crippen LogP contribution in [0.5, 0.6) is 0 Å². The van der Waals surface area contributed by atoms with Crippen molar-refractivity contribution >= 4 is 24.1 Å². The number of esters is 1. The zero-order valence-electron chi connectivity index (χ0n) is 33.1. The number of Topliss-reactive ketones (excluding diaryl/α,β-unsaturated/α-hetero) is 1. The number of methoxy groups -OCH3 is 1. The van der Waals surface area contributed by atoms with Gasteiger partial charge in [0.15, 0.2) is 11.9 Å². The average molecular weight is 784 g/mol. The zero-order chi connectivity index (χ0) is 41.2. The molecule has 1 saturated carbocycles. The van der Waals surface area contributed by atoms with Gasteiger partial charge < -0.3 is 50.0 Å². The molecule has 5 N–H and O–H groups in total. The number of allylic oxidation sites excluding steroid dienone is 3. The maximum absolute atomic E-state index is 14.9. The SMILES string of the molecule is COC(=O)N[C@H]1[C@@H](C)O[C@@H](O[C@@H]2C/C=C(\C)[C@H]3C=C[C@H]4[C@H](O)[C@H](C)C[C@@H](C)[C@@H]4[C@@]3(C)C(O)=C3C(=O)O[C@@]4(CC(C=O)=C[C@@H](O)[C@@H]4/C=C/2C)C3=O)C[C@]1(C)N([O-])O. The van der Waals surface area contributed by atoms with E-state index >= 15 is 0 Å². The standard InChI is InChI=1S/C41H55N2O13/c1-19-9-12-29(55-30-17-39(6,43(51)52)34(23(5)54-30)42-38(50)53-8)20(2)14-27-28(45)15-24(18-44)16-41(27)36(48)31(37(49)56-41)35(47)40(7)26(19)11-10-25-32(40)21(3)13-22(4)33(25)46/h9-11,14-15,18,21-23,25-30,32-34,45-47,51H,12-13,16-17H2,1-8H3,(H,42,50)/q-1/b19-9+,20-14+,35-31?/t21-,22-,23-,25-,26-,27+,28-,29-,30+,32+,33-,34+,39+,40+,41-/m1/s1. The molecule has 3 fully saturated rings. The molecule has 2 aliphatic heterocycles. The van der Waals surface area contributed by atoms with Crippen LogP contribution in [0, 0.1) is 46.1 Å². The number of hydroxylamine groups is 2. The fourth-order valence-corrected chi connectivity index (χ4v) is 10.8. The van der Waals surface area contributed by atoms with Crippen LogP contribution in [0.4, 0.5) is 4.79 Å². The highest BCUT2D eigenvalue weighted by Gasteiger charge is 2.64. The number of hydrogen-bond donors (Lipinski definition) is 5. The molecule has 0 aromatic heterocycles. The van der Waals surface area contributed by atoms with Crippen molar-refractivity contribution in [2.45, 2.75) is 122 Å². The number of fused-ring (bicyclic) bond motifs is 4. The third-order valence-corrected chi connectivity index (χ3v) is 13.8. The lowest BCUT2D eigenvalue weighted by molar-refractivity contribution is -0.267. The highest BCUT2D eigenvalue weighted by molar-refractivity contribution is 6.26. The van der Waals surface area contributed by atoms with Gasteiger partial charge >= 0.3 is 12.1 Å². The summed E-state index contributed by atoms with van der Waals surface area (Å²) in [6.07, 6.45) is 3.60. The molecule has 0 radical (unpaired) electrons. The monoisotopic (exact) mass is 783 g/mol. The lowest BCUT2D eigenvalue weighted by atomic mass is 9.49. The largest absolute Gasteiger partial charge is 0.762 e. The van der Waals surface area contributed by atoms with Crippen LogP contribution < -0.4 is 5.32 Å². The smallest absolute Gasteiger partial charge is 0.407 e. The molecule has 6 rings (SSSR count). The molecule has 4 aliphatic carbocycles. The van der Waals surface area contributed by atoms with Crippen molar-refractivity contribution in [3.63, 3.8) is 0 Å². The number of amides is 1. The summed E-state index contributed by atoms with van der Waals surface area (Å²) in [5.41, 5.74) is -4.23. The Labute approximate surface area is 326 Å². The summed E-state index contributed by atoms with van der Waals surface area (Å²) in [6, 6.07) is -1.01. The van der Waals surface area contributed by atoms with Crippen LogP contribution in [-0.2, 0) is 33.3 Å². The minimum absolute atomic E-state index is 0.0405. The first-order valence-corrected chi connectivity index (χ1v) is 19.3. The van der Waals surface area contributed by atoms with E-state index in [0.29, 0.717) is 18.3 Å². The van der Waals surface area contributed by atoms with Gasteiger partial charge in [-0.25, -0.2) is 9.59 Å². The lowest BCUT2D eigenvalue weighted by Gasteiger charge is -2.55. The molecule has 15 atom stereocenters. The van der Waals surface area contributed by atoms with Gasteiger partial charge in [-0.3, -0.25) is 14.8 Å². The molecular formula is C41H55N2O13-. The quantitative estimate of drug-likeness (QED) is 0.0870. The Bertz CT molecular complexity index is 1780. The number of nitrogens with zero attached hydrogens (tertiary/aromatic N) is 1. The number of ether oxygens (including phenoxy) is 4. The Kier molecular flexibility index (Phi) is 11.4. The van der Waals surface area contributed by atoms with Crippen LogP contribution in [0.25, 0.3) is 0 Å². The first kappa shape index (κ1) is 41.9. The highest BCUT2D eigenvalue weighted by Crippen LogP contribution is 2.60. The van der Waals surface area contributed by atoms with E-state index in [0.717, 1.165) is 5.57 Å². The van der Waals surface area contributed by atoms with E-state index in [2.05, 4.69) is 5.32 Å². The molecule has 1 amide bonds. The van der Waals surface area contributed by atoms with Crippen molar-refractivity contribution in [3.8, 4) is 0 Å². The van der Waals surface area contributed by atoms with Crippen molar-refractivity contribution in [3.05, 3.63) is 63.6 Å². The molecule has 0 aromatic carbocycles. The zero-order valence-corrected chi connectivity index (χ0v) is 33.1. The van der Waals surface area contributed by atoms with Gasteiger partial charge in [-0.2, -0.15) is 0 Å². The number of ketones is 1. The van der Waals surface area contributed by atoms with E-state index in [1.807, 2.05) is 45.9 Å². The van der Waals surface area contributed by atoms with Gasteiger partial charge in [0, 0.05) is 30.1 Å². The Morgan fingerprint density at radius 2 is 1.79 bits per heavy atom. The summed E-state index contributed by atoms with van der Waals surface area (Å²) >= 11 is 0. The molecule has 1 spiro atoms. The third kappa shape index (κ3) is 6.68. The third-order valence-electron chi connectivity index (χ3n) is 13.8. The minimum Gasteiger partial charge on any atom is -0.762 e. The molecule has 308 valence electrons. The summed E-state index contributed by atoms with van der Waals surface area (Å²) in [6.45, 7) is 12.5. The first-order chi connectivity index (χ1) is 26.2. The predicted molar refractivity (Wildman–Crippen MR) is 199 cm³/mol. The van der Waals surface area contributed by atoms with Crippen LogP contribution in [0.1, 0.15) is 74.1 Å². The number of aliphatic hydroxyl groups excluding tert-OH is 3. The maximum Gasteiger partial charge on any atom is 0.407 e. The van der Waals surface area contributed by atoms with E-state index in [4.69, 9.17) is 18.9 Å². The predicted octanol–water partition coefficient (Wildman–Crippen LogP) is 4.12. The van der Waals surface area contributed by atoms with E-state index in [1.54, 1.807) is 19.9 Å². The molecule has 56 heavy (non-hydrogen) atoms. The first-order valence-electron chi connectivity index (χ1n) is 19.3. The number of hydrogen-bond acceptors (Lipinski definition) is 14. The Hall–Kier alpha value is -3.70. The minimum atomic E-state index is -2.09. The summed E-state index contributed by atoms with van der Waals surface area (Å²) in [7, 11) is 1.17. The molecule has 2 bridgehead atoms. The number of nitrogens with one attached hydrogen (secondary N) is 1. The second-order valence-corrected chi connectivity index (χ2v) is 17.3. The van der Waals surface area contributed by atoms with Crippen molar-refractivity contribution in [1.29, 1.82) is 0 Å². The van der Waals surface area contributed by atoms with E-state index in [9.17, 15) is 44.9 Å². The number of aliphatic hydroxyl groups is 3. The fraction of sp³-hybridized carbons (Fsp3) is 0.659. The molecular weight excluding hydrogens is 728 g/mol. The number of rotatable bonds is 5. The summed E-state index contributed by atoms with van der Waals surface area (Å²) < 4.78 is 23.5. The highest BCUT2D eigenvalue weighted by atomic mass is 16.8. The van der Waals surface area contributed by atoms with Crippen LogP contribution in [0.15, 0.2) is 58.4 Å². The molecule has 15 nitrogen and oxygen atoms in total. The number of carbonyl (C=O) groups excluding carboxylic acids is 4. The van der Waals surface area contributed by atoms with Crippen LogP contribution in [0.2, 0.25) is 0 Å². The molecule has 0 aromatic rings. The van der Waals surface area contributed by atoms with Crippen molar-refractivity contribution in [2.24, 2.45) is 40.9 Å². The molecule has 2 heterocycles. The summed E-state index contributed by atoms with van der Waals surface area (Å²) in [4.78, 5) is 53.3. The molecule has 15 heteroatoms. The fourth-order valence-electron chi connectivity index (χ4n) is 10.8. The average Bonchev–Trinajstić information content (AvgIpc) is 3.38. The molecule has 2 saturated heterocycles. The van der Waals surface area contributed by atoms with Crippen LogP contribution >= 0.6 is 0 Å². The maximum atomic E-state index is 14.9. The number of alkyl carbamates (subject to hydrolysis) is 1. The van der Waals surface area contributed by atoms with Crippen molar-refractivity contribution in [1.82, 2.24) is 10.5 Å². The van der Waals surface area contributed by atoms with Gasteiger partial charge in [0.05, 0.1) is 49.0 Å². The van der Waals surface area contributed by atoms with Crippen LogP contribution in [-0.4, -0.2) is 105 Å². The number of aldehydes is 1. The molecule has 0 unspecified atom stereocenters. The van der Waals surface area contributed by atoms with Crippen LogP contribution in [0.3, 0.4) is 0 Å².